The van der Waals surface area contributed by atoms with E-state index in [1.807, 2.05) is 0 Å². The minimum atomic E-state index is -0.0668. The highest BCUT2D eigenvalue weighted by molar-refractivity contribution is 6.40. The van der Waals surface area contributed by atoms with Crippen LogP contribution in [0.3, 0.4) is 0 Å². The molecule has 32 rings (SSSR count). The van der Waals surface area contributed by atoms with E-state index in [0.717, 1.165) is 22.7 Å². The lowest BCUT2D eigenvalue weighted by molar-refractivity contribution is 0.660. The van der Waals surface area contributed by atoms with Gasteiger partial charge >= 0.3 is 0 Å². The average molecular weight is 1790 g/mol. The highest BCUT2D eigenvalue weighted by Crippen LogP contribution is 2.54. The predicted molar refractivity (Wildman–Crippen MR) is 600 cm³/mol. The Morgan fingerprint density at radius 3 is 0.730 bits per heavy atom. The first-order valence-corrected chi connectivity index (χ1v) is 49.0. The normalized spacial score (nSPS) is 12.7. The summed E-state index contributed by atoms with van der Waals surface area (Å²) in [5.74, 6) is 0. The number of benzene rings is 25. The van der Waals surface area contributed by atoms with Crippen molar-refractivity contribution in [2.24, 2.45) is 0 Å². The van der Waals surface area contributed by atoms with Crippen molar-refractivity contribution >= 4 is 228 Å². The van der Waals surface area contributed by atoms with Gasteiger partial charge in [-0.15, -0.1) is 0 Å². The van der Waals surface area contributed by atoms with E-state index in [2.05, 4.69) is 527 Å². The van der Waals surface area contributed by atoms with Crippen molar-refractivity contribution in [1.29, 1.82) is 0 Å². The molecule has 6 heterocycles. The standard InChI is InChI=1S/C51H34N2.2C42H26N2/c1-51(2)43-20-10-7-16-36(43)37-27-24-33(30-44(37)51)52-45-21-11-8-17-38(45)42-29-32(25-28-47(42)52)53-46-22-12-9-19-41(46)49-48-34-14-4-3-13-31(34)23-26-39(48)35-15-5-6-18-40(35)50(49)53;2*1-2-12-30-27(11-1)21-26-34-31-13-3-4-16-35(31)42-41(40(30)34)36-17-7-10-20-39(36)44(42)29-24-22-28(23-25-29)43-37-18-8-5-14-32(37)33-15-6-9-19-38(33)43/h3-30H,1-2H3;2*1-26H. The number of fused-ring (bicyclic) bond motifs is 42. The molecule has 0 fully saturated rings. The molecule has 0 radical (unpaired) electrons. The van der Waals surface area contributed by atoms with Gasteiger partial charge in [-0.1, -0.05) is 372 Å². The van der Waals surface area contributed by atoms with E-state index >= 15 is 0 Å². The molecule has 6 aromatic heterocycles. The summed E-state index contributed by atoms with van der Waals surface area (Å²) in [7, 11) is 0. The van der Waals surface area contributed by atoms with E-state index in [1.165, 1.54) is 261 Å². The molecule has 31 aromatic rings. The van der Waals surface area contributed by atoms with Gasteiger partial charge < -0.3 is 27.4 Å². The second-order valence-corrected chi connectivity index (χ2v) is 38.7. The van der Waals surface area contributed by atoms with Crippen LogP contribution in [0, 0.1) is 0 Å². The van der Waals surface area contributed by atoms with Crippen LogP contribution in [0.1, 0.15) is 25.0 Å². The molecule has 0 atom stereocenters. The number of para-hydroxylation sites is 8. The van der Waals surface area contributed by atoms with Crippen LogP contribution in [0.4, 0.5) is 0 Å². The Morgan fingerprint density at radius 1 is 0.135 bits per heavy atom. The summed E-state index contributed by atoms with van der Waals surface area (Å²) in [6.07, 6.45) is 0. The first kappa shape index (κ1) is 78.9. The Morgan fingerprint density at radius 2 is 0.369 bits per heavy atom. The van der Waals surface area contributed by atoms with E-state index in [-0.39, 0.29) is 5.41 Å². The molecule has 656 valence electrons. The summed E-state index contributed by atoms with van der Waals surface area (Å²) in [5, 5.41) is 38.6. The summed E-state index contributed by atoms with van der Waals surface area (Å²) < 4.78 is 14.7. The Kier molecular flexibility index (Phi) is 17.0. The fraction of sp³-hybridized carbons (Fsp3) is 0.0222. The predicted octanol–water partition coefficient (Wildman–Crippen LogP) is 36.3. The lowest BCUT2D eigenvalue weighted by Crippen LogP contribution is -2.15. The lowest BCUT2D eigenvalue weighted by atomic mass is 9.82. The van der Waals surface area contributed by atoms with Gasteiger partial charge in [0, 0.05) is 136 Å². The van der Waals surface area contributed by atoms with Crippen LogP contribution in [0.5, 0.6) is 0 Å². The van der Waals surface area contributed by atoms with Gasteiger partial charge in [-0.3, -0.25) is 0 Å². The topological polar surface area (TPSA) is 29.6 Å². The molecule has 6 nitrogen and oxygen atoms in total. The molecular weight excluding hydrogens is 1710 g/mol. The van der Waals surface area contributed by atoms with Gasteiger partial charge in [0.2, 0.25) is 0 Å². The fourth-order valence-electron chi connectivity index (χ4n) is 25.2. The third-order valence-electron chi connectivity index (χ3n) is 31.2. The zero-order chi connectivity index (χ0) is 92.6. The maximum absolute atomic E-state index is 2.52. The number of nitrogens with zero attached hydrogens (tertiary/aromatic N) is 6. The van der Waals surface area contributed by atoms with Crippen LogP contribution in [0.25, 0.3) is 273 Å². The van der Waals surface area contributed by atoms with Crippen molar-refractivity contribution in [3.63, 3.8) is 0 Å². The Balaban J connectivity index is 0.0000000998. The molecule has 0 spiro atoms. The van der Waals surface area contributed by atoms with Gasteiger partial charge in [0.1, 0.15) is 0 Å². The summed E-state index contributed by atoms with van der Waals surface area (Å²) in [4.78, 5) is 0. The molecule has 141 heavy (non-hydrogen) atoms. The summed E-state index contributed by atoms with van der Waals surface area (Å²) in [6.45, 7) is 4.72. The summed E-state index contributed by atoms with van der Waals surface area (Å²) in [6, 6.07) is 179. The highest BCUT2D eigenvalue weighted by Gasteiger charge is 2.36. The van der Waals surface area contributed by atoms with Crippen molar-refractivity contribution in [1.82, 2.24) is 27.4 Å². The van der Waals surface area contributed by atoms with Crippen LogP contribution in [-0.2, 0) is 5.41 Å². The van der Waals surface area contributed by atoms with Crippen molar-refractivity contribution in [3.8, 4) is 45.3 Å². The van der Waals surface area contributed by atoms with Crippen LogP contribution in [0.2, 0.25) is 0 Å². The van der Waals surface area contributed by atoms with Crippen LogP contribution in [0.15, 0.2) is 485 Å². The quantitative estimate of drug-likeness (QED) is 0.149. The first-order valence-electron chi connectivity index (χ1n) is 49.0. The van der Waals surface area contributed by atoms with Gasteiger partial charge in [-0.05, 0) is 214 Å². The molecular formula is C135H86N6. The van der Waals surface area contributed by atoms with Crippen molar-refractivity contribution in [2.45, 2.75) is 19.3 Å². The zero-order valence-electron chi connectivity index (χ0n) is 77.4. The Labute approximate surface area is 810 Å². The van der Waals surface area contributed by atoms with Gasteiger partial charge in [-0.25, -0.2) is 0 Å². The minimum absolute atomic E-state index is 0.0668. The molecule has 0 bridgehead atoms. The summed E-state index contributed by atoms with van der Waals surface area (Å²) in [5.41, 5.74) is 27.2. The van der Waals surface area contributed by atoms with Crippen LogP contribution in [-0.4, -0.2) is 27.4 Å². The number of rotatable bonds is 6. The highest BCUT2D eigenvalue weighted by atomic mass is 15.0. The third-order valence-corrected chi connectivity index (χ3v) is 31.2. The molecule has 0 saturated heterocycles. The smallest absolute Gasteiger partial charge is 0.0626 e. The summed E-state index contributed by atoms with van der Waals surface area (Å²) >= 11 is 0. The van der Waals surface area contributed by atoms with Gasteiger partial charge in [-0.2, -0.15) is 0 Å². The molecule has 25 aromatic carbocycles. The van der Waals surface area contributed by atoms with Crippen LogP contribution < -0.4 is 0 Å². The second-order valence-electron chi connectivity index (χ2n) is 38.7. The van der Waals surface area contributed by atoms with E-state index < -0.39 is 0 Å². The first-order chi connectivity index (χ1) is 69.8. The zero-order valence-corrected chi connectivity index (χ0v) is 77.4. The SMILES string of the molecule is CC1(C)c2ccccc2-c2ccc(-n3c4ccccc4c4cc(-n5c6ccccc6c6c7c8ccccc8ccc7c7ccccc7c65)ccc43)cc21.c1ccc2c(c1)ccc1c3ccccc3c3c(c4ccccc4n3-c3ccc(-n4c5ccccc5c5ccccc54)cc3)c21.c1ccc2c(c1)ccc1c3ccccc3c3c(c4ccccc4n3-c3ccc(-n4c5ccccc5c5ccccc54)cc3)c21. The number of aromatic nitrogens is 6. The Bertz CT molecular complexity index is 10300. The van der Waals surface area contributed by atoms with Gasteiger partial charge in [0.25, 0.3) is 0 Å². The molecule has 0 saturated carbocycles. The third kappa shape index (κ3) is 11.4. The molecule has 0 amide bonds. The molecule has 1 aliphatic rings. The fourth-order valence-corrected chi connectivity index (χ4v) is 25.2. The largest absolute Gasteiger partial charge is 0.309 e. The van der Waals surface area contributed by atoms with Crippen LogP contribution >= 0.6 is 0 Å². The molecule has 0 N–H and O–H groups in total. The number of hydrogen-bond donors (Lipinski definition) is 0. The molecule has 6 heteroatoms. The van der Waals surface area contributed by atoms with E-state index in [1.54, 1.807) is 0 Å². The van der Waals surface area contributed by atoms with Gasteiger partial charge in [0.15, 0.2) is 0 Å². The molecule has 0 aliphatic heterocycles. The lowest BCUT2D eigenvalue weighted by Gasteiger charge is -2.22. The van der Waals surface area contributed by atoms with Crippen molar-refractivity contribution in [3.05, 3.63) is 496 Å². The van der Waals surface area contributed by atoms with E-state index in [4.69, 9.17) is 0 Å². The van der Waals surface area contributed by atoms with E-state index in [0.29, 0.717) is 0 Å². The second kappa shape index (κ2) is 30.3. The maximum atomic E-state index is 2.52. The average Bonchev–Trinajstić information content (AvgIpc) is 1.58. The van der Waals surface area contributed by atoms with Crippen molar-refractivity contribution < 1.29 is 0 Å². The minimum Gasteiger partial charge on any atom is -0.309 e. The van der Waals surface area contributed by atoms with Gasteiger partial charge in [0.05, 0.1) is 66.2 Å². The Hall–Kier alpha value is -18.4. The van der Waals surface area contributed by atoms with Crippen molar-refractivity contribution in [2.75, 3.05) is 0 Å². The molecule has 0 unspecified atom stereocenters. The number of hydrogen-bond acceptors (Lipinski definition) is 0. The monoisotopic (exact) mass is 1790 g/mol. The maximum Gasteiger partial charge on any atom is 0.0626 e. The molecule has 1 aliphatic carbocycles. The van der Waals surface area contributed by atoms with E-state index in [9.17, 15) is 0 Å².